The minimum Gasteiger partial charge on any atom is -0.467 e. The van der Waals surface area contributed by atoms with E-state index in [1.54, 1.807) is 6.26 Å². The van der Waals surface area contributed by atoms with E-state index < -0.39 is 0 Å². The lowest BCUT2D eigenvalue weighted by Crippen LogP contribution is -2.33. The quantitative estimate of drug-likeness (QED) is 0.827. The standard InChI is InChI=1S/C12H19NO2/c13-8-10-4-1-2-6-12(10)15-9-11-5-3-7-14-11/h3,5,7,10,12H,1-2,4,6,8-9,13H2. The Balaban J connectivity index is 1.81. The maximum atomic E-state index is 5.86. The first kappa shape index (κ1) is 10.7. The van der Waals surface area contributed by atoms with Gasteiger partial charge < -0.3 is 14.9 Å². The van der Waals surface area contributed by atoms with Crippen molar-refractivity contribution in [3.05, 3.63) is 24.2 Å². The third-order valence-corrected chi connectivity index (χ3v) is 3.16. The van der Waals surface area contributed by atoms with E-state index >= 15 is 0 Å². The molecule has 1 heterocycles. The number of nitrogens with two attached hydrogens (primary N) is 1. The summed E-state index contributed by atoms with van der Waals surface area (Å²) in [6.45, 7) is 1.32. The van der Waals surface area contributed by atoms with Crippen LogP contribution in [0.4, 0.5) is 0 Å². The zero-order chi connectivity index (χ0) is 10.5. The molecular formula is C12H19NO2. The normalized spacial score (nSPS) is 26.7. The Morgan fingerprint density at radius 2 is 2.27 bits per heavy atom. The van der Waals surface area contributed by atoms with E-state index in [4.69, 9.17) is 14.9 Å². The molecular weight excluding hydrogens is 190 g/mol. The van der Waals surface area contributed by atoms with Gasteiger partial charge in [-0.1, -0.05) is 12.8 Å². The fourth-order valence-electron chi connectivity index (χ4n) is 2.25. The zero-order valence-corrected chi connectivity index (χ0v) is 9.02. The summed E-state index contributed by atoms with van der Waals surface area (Å²) in [5, 5.41) is 0. The minimum atomic E-state index is 0.328. The highest BCUT2D eigenvalue weighted by molar-refractivity contribution is 4.96. The second-order valence-electron chi connectivity index (χ2n) is 4.21. The molecule has 3 heteroatoms. The fourth-order valence-corrected chi connectivity index (χ4v) is 2.25. The van der Waals surface area contributed by atoms with Crippen molar-refractivity contribution in [3.8, 4) is 0 Å². The highest BCUT2D eigenvalue weighted by Crippen LogP contribution is 2.26. The summed E-state index contributed by atoms with van der Waals surface area (Å²) >= 11 is 0. The van der Waals surface area contributed by atoms with Crippen LogP contribution in [0.1, 0.15) is 31.4 Å². The third-order valence-electron chi connectivity index (χ3n) is 3.16. The number of hydrogen-bond acceptors (Lipinski definition) is 3. The lowest BCUT2D eigenvalue weighted by Gasteiger charge is -2.30. The molecule has 1 aliphatic carbocycles. The van der Waals surface area contributed by atoms with Crippen molar-refractivity contribution in [2.24, 2.45) is 11.7 Å². The van der Waals surface area contributed by atoms with Crippen LogP contribution in [-0.2, 0) is 11.3 Å². The molecule has 0 saturated heterocycles. The van der Waals surface area contributed by atoms with Gasteiger partial charge in [0, 0.05) is 0 Å². The molecule has 0 aromatic carbocycles. The van der Waals surface area contributed by atoms with Crippen LogP contribution in [0.25, 0.3) is 0 Å². The van der Waals surface area contributed by atoms with Gasteiger partial charge in [0.25, 0.3) is 0 Å². The second-order valence-corrected chi connectivity index (χ2v) is 4.21. The molecule has 2 atom stereocenters. The van der Waals surface area contributed by atoms with Crippen LogP contribution in [0.2, 0.25) is 0 Å². The number of furan rings is 1. The number of ether oxygens (including phenoxy) is 1. The first-order chi connectivity index (χ1) is 7.40. The van der Waals surface area contributed by atoms with E-state index in [9.17, 15) is 0 Å². The largest absolute Gasteiger partial charge is 0.467 e. The SMILES string of the molecule is NCC1CCCCC1OCc1ccco1. The first-order valence-corrected chi connectivity index (χ1v) is 5.74. The van der Waals surface area contributed by atoms with Crippen molar-refractivity contribution in [2.45, 2.75) is 38.4 Å². The second kappa shape index (κ2) is 5.33. The molecule has 1 aromatic heterocycles. The molecule has 0 bridgehead atoms. The van der Waals surface area contributed by atoms with E-state index in [0.29, 0.717) is 18.6 Å². The summed E-state index contributed by atoms with van der Waals surface area (Å²) in [6.07, 6.45) is 6.91. The van der Waals surface area contributed by atoms with E-state index in [-0.39, 0.29) is 0 Å². The van der Waals surface area contributed by atoms with Gasteiger partial charge in [-0.05, 0) is 37.4 Å². The monoisotopic (exact) mass is 209 g/mol. The lowest BCUT2D eigenvalue weighted by molar-refractivity contribution is -0.0246. The summed E-state index contributed by atoms with van der Waals surface area (Å²) in [4.78, 5) is 0. The predicted octanol–water partition coefficient (Wildman–Crippen LogP) is 2.31. The summed E-state index contributed by atoms with van der Waals surface area (Å²) in [6, 6.07) is 3.83. The van der Waals surface area contributed by atoms with Crippen LogP contribution < -0.4 is 5.73 Å². The van der Waals surface area contributed by atoms with Crippen LogP contribution in [0.15, 0.2) is 22.8 Å². The van der Waals surface area contributed by atoms with E-state index in [1.807, 2.05) is 12.1 Å². The van der Waals surface area contributed by atoms with Gasteiger partial charge in [-0.3, -0.25) is 0 Å². The van der Waals surface area contributed by atoms with Gasteiger partial charge >= 0.3 is 0 Å². The van der Waals surface area contributed by atoms with E-state index in [1.165, 1.54) is 19.3 Å². The van der Waals surface area contributed by atoms with Gasteiger partial charge in [-0.2, -0.15) is 0 Å². The van der Waals surface area contributed by atoms with Gasteiger partial charge in [-0.15, -0.1) is 0 Å². The zero-order valence-electron chi connectivity index (χ0n) is 9.02. The van der Waals surface area contributed by atoms with E-state index in [2.05, 4.69) is 0 Å². The van der Waals surface area contributed by atoms with Crippen LogP contribution in [0, 0.1) is 5.92 Å². The van der Waals surface area contributed by atoms with Crippen molar-refractivity contribution in [1.82, 2.24) is 0 Å². The molecule has 0 radical (unpaired) electrons. The summed E-state index contributed by atoms with van der Waals surface area (Å²) in [7, 11) is 0. The molecule has 0 amide bonds. The Morgan fingerprint density at radius 3 is 3.00 bits per heavy atom. The van der Waals surface area contributed by atoms with Crippen LogP contribution in [0.5, 0.6) is 0 Å². The predicted molar refractivity (Wildman–Crippen MR) is 58.3 cm³/mol. The highest BCUT2D eigenvalue weighted by Gasteiger charge is 2.24. The average molecular weight is 209 g/mol. The van der Waals surface area contributed by atoms with Gasteiger partial charge in [0.05, 0.1) is 12.4 Å². The van der Waals surface area contributed by atoms with Crippen molar-refractivity contribution in [2.75, 3.05) is 6.54 Å². The van der Waals surface area contributed by atoms with Crippen LogP contribution in [-0.4, -0.2) is 12.6 Å². The molecule has 1 aliphatic rings. The van der Waals surface area contributed by atoms with Gasteiger partial charge in [-0.25, -0.2) is 0 Å². The highest BCUT2D eigenvalue weighted by atomic mass is 16.5. The molecule has 84 valence electrons. The fraction of sp³-hybridized carbons (Fsp3) is 0.667. The Bertz CT molecular complexity index is 271. The van der Waals surface area contributed by atoms with Crippen LogP contribution >= 0.6 is 0 Å². The summed E-state index contributed by atoms with van der Waals surface area (Å²) in [5.41, 5.74) is 5.74. The number of hydrogen-bond donors (Lipinski definition) is 1. The molecule has 15 heavy (non-hydrogen) atoms. The molecule has 0 spiro atoms. The molecule has 0 aliphatic heterocycles. The Labute approximate surface area is 90.6 Å². The Morgan fingerprint density at radius 1 is 1.40 bits per heavy atom. The third kappa shape index (κ3) is 2.83. The van der Waals surface area contributed by atoms with Gasteiger partial charge in [0.2, 0.25) is 0 Å². The maximum absolute atomic E-state index is 5.86. The molecule has 2 N–H and O–H groups in total. The van der Waals surface area contributed by atoms with Crippen molar-refractivity contribution in [1.29, 1.82) is 0 Å². The molecule has 3 nitrogen and oxygen atoms in total. The average Bonchev–Trinajstić information content (AvgIpc) is 2.79. The Hall–Kier alpha value is -0.800. The summed E-state index contributed by atoms with van der Waals surface area (Å²) < 4.78 is 11.1. The topological polar surface area (TPSA) is 48.4 Å². The number of rotatable bonds is 4. The lowest BCUT2D eigenvalue weighted by atomic mass is 9.86. The molecule has 1 aromatic rings. The van der Waals surface area contributed by atoms with Crippen LogP contribution in [0.3, 0.4) is 0 Å². The van der Waals surface area contributed by atoms with Crippen molar-refractivity contribution >= 4 is 0 Å². The van der Waals surface area contributed by atoms with Crippen molar-refractivity contribution in [3.63, 3.8) is 0 Å². The molecule has 2 unspecified atom stereocenters. The maximum Gasteiger partial charge on any atom is 0.129 e. The summed E-state index contributed by atoms with van der Waals surface area (Å²) in [5.74, 6) is 1.44. The minimum absolute atomic E-state index is 0.328. The van der Waals surface area contributed by atoms with Crippen molar-refractivity contribution < 1.29 is 9.15 Å². The van der Waals surface area contributed by atoms with Gasteiger partial charge in [0.1, 0.15) is 12.4 Å². The smallest absolute Gasteiger partial charge is 0.129 e. The first-order valence-electron chi connectivity index (χ1n) is 5.74. The van der Waals surface area contributed by atoms with E-state index in [0.717, 1.165) is 18.7 Å². The molecule has 1 saturated carbocycles. The Kier molecular flexibility index (Phi) is 3.80. The van der Waals surface area contributed by atoms with Gasteiger partial charge in [0.15, 0.2) is 0 Å². The molecule has 1 fully saturated rings. The molecule has 2 rings (SSSR count).